The summed E-state index contributed by atoms with van der Waals surface area (Å²) in [5, 5.41) is 11.8. The molecule has 0 spiro atoms. The van der Waals surface area contributed by atoms with Gasteiger partial charge in [-0.1, -0.05) is 28.1 Å². The van der Waals surface area contributed by atoms with Crippen LogP contribution in [0.1, 0.15) is 25.3 Å². The Bertz CT molecular complexity index is 677. The molecule has 1 fully saturated rings. The summed E-state index contributed by atoms with van der Waals surface area (Å²) in [5.41, 5.74) is -0.0399. The van der Waals surface area contributed by atoms with Gasteiger partial charge in [-0.3, -0.25) is 4.79 Å². The number of hydrogen-bond donors (Lipinski definition) is 1. The fraction of sp³-hybridized carbons (Fsp3) is 0.353. The van der Waals surface area contributed by atoms with E-state index in [1.165, 1.54) is 6.08 Å². The van der Waals surface area contributed by atoms with E-state index in [-0.39, 0.29) is 5.92 Å². The highest BCUT2D eigenvalue weighted by atomic mass is 79.9. The molecule has 6 heteroatoms. The maximum absolute atomic E-state index is 11.8. The molecule has 1 aromatic rings. The molecule has 0 saturated heterocycles. The molecule has 0 unspecified atom stereocenters. The number of hydrogen-bond acceptors (Lipinski definition) is 4. The van der Waals surface area contributed by atoms with Gasteiger partial charge in [0.2, 0.25) is 0 Å². The predicted octanol–water partition coefficient (Wildman–Crippen LogP) is 2.81. The first-order valence-corrected chi connectivity index (χ1v) is 8.05. The first-order valence-electron chi connectivity index (χ1n) is 7.25. The highest BCUT2D eigenvalue weighted by Gasteiger charge is 2.43. The highest BCUT2D eigenvalue weighted by Crippen LogP contribution is 2.39. The molecule has 0 aromatic heterocycles. The van der Waals surface area contributed by atoms with Gasteiger partial charge in [0.15, 0.2) is 6.61 Å². The molecule has 0 aliphatic heterocycles. The van der Waals surface area contributed by atoms with Crippen molar-refractivity contribution >= 4 is 33.9 Å². The summed E-state index contributed by atoms with van der Waals surface area (Å²) < 4.78 is 5.79. The quantitative estimate of drug-likeness (QED) is 0.611. The smallest absolute Gasteiger partial charge is 0.331 e. The Morgan fingerprint density at radius 3 is 2.87 bits per heavy atom. The molecule has 23 heavy (non-hydrogen) atoms. The lowest BCUT2D eigenvalue weighted by atomic mass is 9.98. The van der Waals surface area contributed by atoms with E-state index in [4.69, 9.17) is 10.00 Å². The zero-order chi connectivity index (χ0) is 16.9. The Hall–Kier alpha value is -2.13. The normalized spacial score (nSPS) is 16.4. The summed E-state index contributed by atoms with van der Waals surface area (Å²) in [7, 11) is 0. The number of carbonyl (C=O) groups is 2. The first-order chi connectivity index (χ1) is 10.9. The monoisotopic (exact) mass is 376 g/mol. The Kier molecular flexibility index (Phi) is 5.56. The van der Waals surface area contributed by atoms with E-state index in [2.05, 4.69) is 27.3 Å². The van der Waals surface area contributed by atoms with Crippen molar-refractivity contribution in [3.05, 3.63) is 40.4 Å². The van der Waals surface area contributed by atoms with Crippen molar-refractivity contribution in [1.29, 1.82) is 5.26 Å². The van der Waals surface area contributed by atoms with Crippen LogP contribution in [0.15, 0.2) is 34.8 Å². The number of nitrogens with one attached hydrogen (secondary N) is 1. The van der Waals surface area contributed by atoms with Gasteiger partial charge < -0.3 is 10.1 Å². The fourth-order valence-corrected chi connectivity index (χ4v) is 2.58. The van der Waals surface area contributed by atoms with Crippen LogP contribution in [0.2, 0.25) is 0 Å². The second-order valence-electron chi connectivity index (χ2n) is 5.63. The molecule has 5 nitrogen and oxygen atoms in total. The van der Waals surface area contributed by atoms with Gasteiger partial charge in [0.1, 0.15) is 5.54 Å². The number of esters is 1. The minimum atomic E-state index is -0.879. The summed E-state index contributed by atoms with van der Waals surface area (Å²) in [6, 6.07) is 9.55. The number of nitriles is 1. The number of benzene rings is 1. The standard InChI is InChI=1S/C17H17BrN2O3/c1-17(11-19,13-6-7-13)20-15(21)10-23-16(22)8-5-12-3-2-4-14(18)9-12/h2-5,8-9,13H,6-7,10H2,1H3,(H,20,21)/b8-5+/t17-/m0/s1. The van der Waals surface area contributed by atoms with Crippen LogP contribution in [-0.4, -0.2) is 24.0 Å². The van der Waals surface area contributed by atoms with Crippen molar-refractivity contribution in [2.24, 2.45) is 5.92 Å². The first kappa shape index (κ1) is 17.2. The zero-order valence-corrected chi connectivity index (χ0v) is 14.3. The highest BCUT2D eigenvalue weighted by molar-refractivity contribution is 9.10. The van der Waals surface area contributed by atoms with Gasteiger partial charge in [-0.15, -0.1) is 0 Å². The van der Waals surface area contributed by atoms with Gasteiger partial charge in [-0.25, -0.2) is 4.79 Å². The third-order valence-corrected chi connectivity index (χ3v) is 4.12. The summed E-state index contributed by atoms with van der Waals surface area (Å²) in [6.07, 6.45) is 4.73. The van der Waals surface area contributed by atoms with Crippen molar-refractivity contribution in [3.63, 3.8) is 0 Å². The molecule has 0 bridgehead atoms. The number of ether oxygens (including phenoxy) is 1. The fourth-order valence-electron chi connectivity index (χ4n) is 2.17. The average Bonchev–Trinajstić information content (AvgIpc) is 3.36. The summed E-state index contributed by atoms with van der Waals surface area (Å²) in [5.74, 6) is -0.890. The van der Waals surface area contributed by atoms with Crippen molar-refractivity contribution in [2.75, 3.05) is 6.61 Å². The SMILES string of the molecule is C[C@@](C#N)(NC(=O)COC(=O)/C=C/c1cccc(Br)c1)C1CC1. The molecule has 1 saturated carbocycles. The van der Waals surface area contributed by atoms with Gasteiger partial charge in [-0.2, -0.15) is 5.26 Å². The molecule has 120 valence electrons. The maximum Gasteiger partial charge on any atom is 0.331 e. The van der Waals surface area contributed by atoms with E-state index < -0.39 is 24.0 Å². The Morgan fingerprint density at radius 2 is 2.26 bits per heavy atom. The van der Waals surface area contributed by atoms with Gasteiger partial charge in [0, 0.05) is 10.5 Å². The van der Waals surface area contributed by atoms with E-state index in [0.717, 1.165) is 22.9 Å². The minimum Gasteiger partial charge on any atom is -0.452 e. The molecule has 1 aromatic carbocycles. The van der Waals surface area contributed by atoms with E-state index in [9.17, 15) is 9.59 Å². The summed E-state index contributed by atoms with van der Waals surface area (Å²) >= 11 is 3.34. The third kappa shape index (κ3) is 5.22. The molecule has 1 aliphatic carbocycles. The number of nitrogens with zero attached hydrogens (tertiary/aromatic N) is 1. The van der Waals surface area contributed by atoms with Gasteiger partial charge in [-0.05, 0) is 49.5 Å². The van der Waals surface area contributed by atoms with Crippen LogP contribution in [0, 0.1) is 17.2 Å². The molecule has 1 atom stereocenters. The molecule has 1 N–H and O–H groups in total. The van der Waals surface area contributed by atoms with Crippen LogP contribution >= 0.6 is 15.9 Å². The summed E-state index contributed by atoms with van der Waals surface area (Å²) in [6.45, 7) is 1.29. The van der Waals surface area contributed by atoms with Crippen molar-refractivity contribution in [3.8, 4) is 6.07 Å². The molecule has 0 radical (unpaired) electrons. The predicted molar refractivity (Wildman–Crippen MR) is 89.0 cm³/mol. The van der Waals surface area contributed by atoms with Crippen molar-refractivity contribution in [2.45, 2.75) is 25.3 Å². The Balaban J connectivity index is 1.80. The molecular weight excluding hydrogens is 360 g/mol. The van der Waals surface area contributed by atoms with E-state index in [1.54, 1.807) is 13.0 Å². The molecule has 1 amide bonds. The Labute approximate surface area is 143 Å². The lowest BCUT2D eigenvalue weighted by Gasteiger charge is -2.22. The summed E-state index contributed by atoms with van der Waals surface area (Å²) in [4.78, 5) is 23.4. The number of amides is 1. The number of carbonyl (C=O) groups excluding carboxylic acids is 2. The van der Waals surface area contributed by atoms with Crippen molar-refractivity contribution < 1.29 is 14.3 Å². The molecular formula is C17H17BrN2O3. The maximum atomic E-state index is 11.8. The zero-order valence-electron chi connectivity index (χ0n) is 12.7. The van der Waals surface area contributed by atoms with E-state index in [0.29, 0.717) is 0 Å². The van der Waals surface area contributed by atoms with Gasteiger partial charge in [0.25, 0.3) is 5.91 Å². The lowest BCUT2D eigenvalue weighted by molar-refractivity contribution is -0.144. The van der Waals surface area contributed by atoms with Crippen LogP contribution in [-0.2, 0) is 14.3 Å². The number of rotatable bonds is 6. The second-order valence-corrected chi connectivity index (χ2v) is 6.55. The Morgan fingerprint density at radius 1 is 1.52 bits per heavy atom. The second kappa shape index (κ2) is 7.42. The average molecular weight is 377 g/mol. The topological polar surface area (TPSA) is 79.2 Å². The van der Waals surface area contributed by atoms with Crippen LogP contribution in [0.5, 0.6) is 0 Å². The van der Waals surface area contributed by atoms with Crippen LogP contribution < -0.4 is 5.32 Å². The largest absolute Gasteiger partial charge is 0.452 e. The van der Waals surface area contributed by atoms with E-state index >= 15 is 0 Å². The van der Waals surface area contributed by atoms with Crippen LogP contribution in [0.4, 0.5) is 0 Å². The number of halogens is 1. The van der Waals surface area contributed by atoms with Gasteiger partial charge >= 0.3 is 5.97 Å². The molecule has 1 aliphatic rings. The van der Waals surface area contributed by atoms with Crippen LogP contribution in [0.3, 0.4) is 0 Å². The van der Waals surface area contributed by atoms with Crippen molar-refractivity contribution in [1.82, 2.24) is 5.32 Å². The van der Waals surface area contributed by atoms with Crippen LogP contribution in [0.25, 0.3) is 6.08 Å². The lowest BCUT2D eigenvalue weighted by Crippen LogP contribution is -2.48. The third-order valence-electron chi connectivity index (χ3n) is 3.63. The van der Waals surface area contributed by atoms with Gasteiger partial charge in [0.05, 0.1) is 6.07 Å². The molecule has 2 rings (SSSR count). The molecule has 0 heterocycles. The van der Waals surface area contributed by atoms with E-state index in [1.807, 2.05) is 24.3 Å². The minimum absolute atomic E-state index is 0.184.